The predicted molar refractivity (Wildman–Crippen MR) is 29.1 cm³/mol. The quantitative estimate of drug-likeness (QED) is 0.390. The van der Waals surface area contributed by atoms with Gasteiger partial charge in [-0.2, -0.15) is 0 Å². The number of carboxylic acid groups (broad SMARTS) is 1. The van der Waals surface area contributed by atoms with Crippen molar-refractivity contribution < 1.29 is 14.7 Å². The standard InChI is InChI=1S/C5H7NO3/c7-3-4-1-6(4)2-5(8)9/h3-4H,1-2H2,(H,8,9)/t4-,6?/m1/s1. The van der Waals surface area contributed by atoms with Crippen LogP contribution in [0.5, 0.6) is 0 Å². The first-order valence-corrected chi connectivity index (χ1v) is 2.65. The van der Waals surface area contributed by atoms with Gasteiger partial charge in [0.2, 0.25) is 0 Å². The van der Waals surface area contributed by atoms with Gasteiger partial charge < -0.3 is 9.90 Å². The number of carboxylic acids is 1. The fourth-order valence-electron chi connectivity index (χ4n) is 0.678. The van der Waals surface area contributed by atoms with Gasteiger partial charge in [0, 0.05) is 6.54 Å². The summed E-state index contributed by atoms with van der Waals surface area (Å²) in [6.07, 6.45) is 0.767. The molecule has 0 amide bonds. The molecule has 0 aromatic heterocycles. The summed E-state index contributed by atoms with van der Waals surface area (Å²) in [4.78, 5) is 21.5. The molecule has 1 N–H and O–H groups in total. The fourth-order valence-corrected chi connectivity index (χ4v) is 0.678. The third-order valence-electron chi connectivity index (χ3n) is 1.25. The number of carbonyl (C=O) groups is 2. The Morgan fingerprint density at radius 2 is 2.56 bits per heavy atom. The zero-order valence-electron chi connectivity index (χ0n) is 4.78. The van der Waals surface area contributed by atoms with E-state index < -0.39 is 5.97 Å². The highest BCUT2D eigenvalue weighted by Gasteiger charge is 2.34. The van der Waals surface area contributed by atoms with Crippen LogP contribution in [0.3, 0.4) is 0 Å². The Hall–Kier alpha value is -0.900. The second kappa shape index (κ2) is 2.14. The highest BCUT2D eigenvalue weighted by atomic mass is 16.4. The summed E-state index contributed by atoms with van der Waals surface area (Å²) < 4.78 is 0. The van der Waals surface area contributed by atoms with E-state index in [0.717, 1.165) is 6.29 Å². The maximum Gasteiger partial charge on any atom is 0.317 e. The second-order valence-electron chi connectivity index (χ2n) is 2.03. The zero-order chi connectivity index (χ0) is 6.85. The van der Waals surface area contributed by atoms with Gasteiger partial charge in [-0.1, -0.05) is 0 Å². The first-order valence-electron chi connectivity index (χ1n) is 2.65. The van der Waals surface area contributed by atoms with Crippen LogP contribution in [0.25, 0.3) is 0 Å². The van der Waals surface area contributed by atoms with Gasteiger partial charge in [-0.25, -0.2) is 0 Å². The van der Waals surface area contributed by atoms with Crippen LogP contribution in [0.15, 0.2) is 0 Å². The summed E-state index contributed by atoms with van der Waals surface area (Å²) >= 11 is 0. The van der Waals surface area contributed by atoms with Crippen molar-refractivity contribution >= 4 is 12.3 Å². The lowest BCUT2D eigenvalue weighted by molar-refractivity contribution is -0.137. The molecular weight excluding hydrogens is 122 g/mol. The molecule has 1 fully saturated rings. The van der Waals surface area contributed by atoms with E-state index in [1.807, 2.05) is 0 Å². The molecule has 0 aromatic carbocycles. The van der Waals surface area contributed by atoms with Crippen molar-refractivity contribution in [1.82, 2.24) is 4.90 Å². The monoisotopic (exact) mass is 129 g/mol. The molecule has 1 aliphatic rings. The summed E-state index contributed by atoms with van der Waals surface area (Å²) in [5.74, 6) is -0.876. The van der Waals surface area contributed by atoms with Gasteiger partial charge in [-0.3, -0.25) is 9.69 Å². The van der Waals surface area contributed by atoms with Gasteiger partial charge in [0.25, 0.3) is 0 Å². The Morgan fingerprint density at radius 1 is 1.89 bits per heavy atom. The minimum atomic E-state index is -0.876. The van der Waals surface area contributed by atoms with E-state index in [-0.39, 0.29) is 12.6 Å². The average molecular weight is 129 g/mol. The third-order valence-corrected chi connectivity index (χ3v) is 1.25. The van der Waals surface area contributed by atoms with Crippen molar-refractivity contribution in [2.75, 3.05) is 13.1 Å². The molecule has 1 aliphatic heterocycles. The number of aldehydes is 1. The van der Waals surface area contributed by atoms with Crippen LogP contribution in [0.4, 0.5) is 0 Å². The normalized spacial score (nSPS) is 31.6. The molecule has 0 bridgehead atoms. The Kier molecular flexibility index (Phi) is 1.48. The zero-order valence-corrected chi connectivity index (χ0v) is 4.78. The van der Waals surface area contributed by atoms with Crippen LogP contribution in [-0.4, -0.2) is 41.4 Å². The summed E-state index contributed by atoms with van der Waals surface area (Å²) in [5.41, 5.74) is 0. The fraction of sp³-hybridized carbons (Fsp3) is 0.600. The topological polar surface area (TPSA) is 57.4 Å². The Bertz CT molecular complexity index is 145. The largest absolute Gasteiger partial charge is 0.480 e. The van der Waals surface area contributed by atoms with Gasteiger partial charge >= 0.3 is 5.97 Å². The molecule has 0 spiro atoms. The minimum absolute atomic E-state index is 0.0105. The van der Waals surface area contributed by atoms with Gasteiger partial charge in [-0.05, 0) is 0 Å². The highest BCUT2D eigenvalue weighted by molar-refractivity contribution is 5.72. The summed E-state index contributed by atoms with van der Waals surface area (Å²) in [6.45, 7) is 0.596. The van der Waals surface area contributed by atoms with Gasteiger partial charge in [0.1, 0.15) is 6.29 Å². The number of hydrogen-bond donors (Lipinski definition) is 1. The molecule has 0 radical (unpaired) electrons. The lowest BCUT2D eigenvalue weighted by Crippen LogP contribution is -2.14. The lowest BCUT2D eigenvalue weighted by atomic mass is 10.5. The van der Waals surface area contributed by atoms with Gasteiger partial charge in [0.05, 0.1) is 12.6 Å². The molecule has 0 saturated carbocycles. The van der Waals surface area contributed by atoms with Crippen molar-refractivity contribution in [3.63, 3.8) is 0 Å². The average Bonchev–Trinajstić information content (AvgIpc) is 2.45. The number of nitrogens with zero attached hydrogens (tertiary/aromatic N) is 1. The summed E-state index contributed by atoms with van der Waals surface area (Å²) in [7, 11) is 0. The Morgan fingerprint density at radius 3 is 2.89 bits per heavy atom. The number of aliphatic carboxylic acids is 1. The first kappa shape index (κ1) is 6.22. The van der Waals surface area contributed by atoms with Crippen molar-refractivity contribution in [2.45, 2.75) is 6.04 Å². The van der Waals surface area contributed by atoms with Crippen molar-refractivity contribution in [3.8, 4) is 0 Å². The summed E-state index contributed by atoms with van der Waals surface area (Å²) in [5, 5.41) is 8.18. The molecule has 4 nitrogen and oxygen atoms in total. The first-order chi connectivity index (χ1) is 4.24. The Labute approximate surface area is 52.1 Å². The van der Waals surface area contributed by atoms with E-state index in [1.54, 1.807) is 4.90 Å². The SMILES string of the molecule is O=C[C@H]1CN1CC(=O)O. The van der Waals surface area contributed by atoms with Crippen molar-refractivity contribution in [2.24, 2.45) is 0 Å². The van der Waals surface area contributed by atoms with Crippen LogP contribution in [-0.2, 0) is 9.59 Å². The maximum atomic E-state index is 9.95. The second-order valence-corrected chi connectivity index (χ2v) is 2.03. The molecule has 1 unspecified atom stereocenters. The van der Waals surface area contributed by atoms with E-state index in [1.165, 1.54) is 0 Å². The van der Waals surface area contributed by atoms with Gasteiger partial charge in [-0.15, -0.1) is 0 Å². The van der Waals surface area contributed by atoms with Crippen LogP contribution in [0, 0.1) is 0 Å². The summed E-state index contributed by atoms with van der Waals surface area (Å²) in [6, 6.07) is -0.124. The molecular formula is C5H7NO3. The number of hydrogen-bond acceptors (Lipinski definition) is 3. The van der Waals surface area contributed by atoms with E-state index in [4.69, 9.17) is 5.11 Å². The molecule has 1 rings (SSSR count). The molecule has 50 valence electrons. The van der Waals surface area contributed by atoms with Crippen molar-refractivity contribution in [1.29, 1.82) is 0 Å². The van der Waals surface area contributed by atoms with Crippen LogP contribution >= 0.6 is 0 Å². The van der Waals surface area contributed by atoms with E-state index >= 15 is 0 Å². The smallest absolute Gasteiger partial charge is 0.317 e. The number of carbonyl (C=O) groups excluding carboxylic acids is 1. The molecule has 0 aromatic rings. The molecule has 1 saturated heterocycles. The van der Waals surface area contributed by atoms with Gasteiger partial charge in [0.15, 0.2) is 0 Å². The third kappa shape index (κ3) is 1.50. The molecule has 2 atom stereocenters. The van der Waals surface area contributed by atoms with Crippen LogP contribution in [0.1, 0.15) is 0 Å². The van der Waals surface area contributed by atoms with Crippen LogP contribution in [0.2, 0.25) is 0 Å². The maximum absolute atomic E-state index is 9.95. The van der Waals surface area contributed by atoms with E-state index in [0.29, 0.717) is 6.54 Å². The molecule has 0 aliphatic carbocycles. The molecule has 1 heterocycles. The highest BCUT2D eigenvalue weighted by Crippen LogP contribution is 2.12. The number of rotatable bonds is 3. The van der Waals surface area contributed by atoms with E-state index in [2.05, 4.69) is 0 Å². The Balaban J connectivity index is 2.19. The predicted octanol–water partition coefficient (Wildman–Crippen LogP) is -1.05. The molecule has 9 heavy (non-hydrogen) atoms. The van der Waals surface area contributed by atoms with E-state index in [9.17, 15) is 9.59 Å². The lowest BCUT2D eigenvalue weighted by Gasteiger charge is -1.90. The minimum Gasteiger partial charge on any atom is -0.480 e. The molecule has 4 heteroatoms. The van der Waals surface area contributed by atoms with Crippen molar-refractivity contribution in [3.05, 3.63) is 0 Å². The van der Waals surface area contributed by atoms with Crippen LogP contribution < -0.4 is 0 Å².